The van der Waals surface area contributed by atoms with Crippen LogP contribution in [0.1, 0.15) is 17.2 Å². The molecule has 3 aromatic carbocycles. The van der Waals surface area contributed by atoms with E-state index in [1.54, 1.807) is 12.1 Å². The molecule has 1 atom stereocenters. The fourth-order valence-electron chi connectivity index (χ4n) is 2.45. The first-order valence-corrected chi connectivity index (χ1v) is 6.73. The van der Waals surface area contributed by atoms with E-state index < -0.39 is 11.9 Å². The lowest BCUT2D eigenvalue weighted by molar-refractivity contribution is 0.624. The highest BCUT2D eigenvalue weighted by Gasteiger charge is 2.16. The average molecular weight is 286 g/mol. The van der Waals surface area contributed by atoms with E-state index in [1.807, 2.05) is 42.5 Å². The highest BCUT2D eigenvalue weighted by Crippen LogP contribution is 2.32. The molecule has 1 unspecified atom stereocenters. The largest absolute Gasteiger partial charge is 0.320 e. The molecule has 0 fully saturated rings. The van der Waals surface area contributed by atoms with Gasteiger partial charge in [0.1, 0.15) is 5.82 Å². The maximum absolute atomic E-state index is 13.6. The van der Waals surface area contributed by atoms with Crippen LogP contribution in [-0.2, 0) is 0 Å². The fourth-order valence-corrected chi connectivity index (χ4v) is 2.69. The second-order valence-electron chi connectivity index (χ2n) is 4.69. The van der Waals surface area contributed by atoms with Crippen LogP contribution in [0.25, 0.3) is 10.8 Å². The van der Waals surface area contributed by atoms with Crippen molar-refractivity contribution in [2.45, 2.75) is 6.04 Å². The zero-order chi connectivity index (χ0) is 14.1. The summed E-state index contributed by atoms with van der Waals surface area (Å²) in [5.74, 6) is -0.445. The van der Waals surface area contributed by atoms with Crippen molar-refractivity contribution in [1.29, 1.82) is 0 Å². The van der Waals surface area contributed by atoms with E-state index in [1.165, 1.54) is 6.07 Å². The average Bonchev–Trinajstić information content (AvgIpc) is 2.49. The number of halogens is 2. The molecule has 0 heterocycles. The minimum atomic E-state index is -0.454. The van der Waals surface area contributed by atoms with Crippen LogP contribution in [0.15, 0.2) is 60.7 Å². The van der Waals surface area contributed by atoms with Crippen molar-refractivity contribution < 1.29 is 4.39 Å². The first kappa shape index (κ1) is 13.1. The van der Waals surface area contributed by atoms with E-state index in [2.05, 4.69) is 0 Å². The quantitative estimate of drug-likeness (QED) is 0.727. The van der Waals surface area contributed by atoms with Crippen LogP contribution >= 0.6 is 11.6 Å². The fraction of sp³-hybridized carbons (Fsp3) is 0.0588. The number of hydrogen-bond donors (Lipinski definition) is 1. The molecule has 0 amide bonds. The van der Waals surface area contributed by atoms with Crippen LogP contribution in [0.4, 0.5) is 4.39 Å². The normalized spacial score (nSPS) is 12.6. The Hall–Kier alpha value is -1.90. The molecular formula is C17H13ClFN. The van der Waals surface area contributed by atoms with Crippen molar-refractivity contribution >= 4 is 22.4 Å². The Labute approximate surface area is 121 Å². The SMILES string of the molecule is NC(c1cccc(F)c1Cl)c1cccc2ccccc12. The number of fused-ring (bicyclic) bond motifs is 1. The summed E-state index contributed by atoms with van der Waals surface area (Å²) in [4.78, 5) is 0. The van der Waals surface area contributed by atoms with Gasteiger partial charge < -0.3 is 5.73 Å². The second-order valence-corrected chi connectivity index (χ2v) is 5.07. The monoisotopic (exact) mass is 285 g/mol. The van der Waals surface area contributed by atoms with Gasteiger partial charge in [0.05, 0.1) is 11.1 Å². The first-order chi connectivity index (χ1) is 9.68. The van der Waals surface area contributed by atoms with Crippen LogP contribution in [0.2, 0.25) is 5.02 Å². The molecule has 0 radical (unpaired) electrons. The van der Waals surface area contributed by atoms with Gasteiger partial charge in [-0.05, 0) is 28.0 Å². The van der Waals surface area contributed by atoms with E-state index >= 15 is 0 Å². The van der Waals surface area contributed by atoms with Crippen molar-refractivity contribution in [2.24, 2.45) is 5.73 Å². The summed E-state index contributed by atoms with van der Waals surface area (Å²) in [5.41, 5.74) is 7.84. The van der Waals surface area contributed by atoms with Gasteiger partial charge in [0.25, 0.3) is 0 Å². The van der Waals surface area contributed by atoms with Gasteiger partial charge in [-0.25, -0.2) is 4.39 Å². The molecule has 0 spiro atoms. The molecule has 3 aromatic rings. The van der Waals surface area contributed by atoms with Crippen LogP contribution < -0.4 is 5.73 Å². The summed E-state index contributed by atoms with van der Waals surface area (Å²) in [6.45, 7) is 0. The van der Waals surface area contributed by atoms with E-state index in [0.717, 1.165) is 16.3 Å². The molecule has 0 aromatic heterocycles. The Morgan fingerprint density at radius 2 is 1.50 bits per heavy atom. The number of benzene rings is 3. The highest BCUT2D eigenvalue weighted by atomic mass is 35.5. The smallest absolute Gasteiger partial charge is 0.142 e. The molecule has 100 valence electrons. The Bertz CT molecular complexity index is 765. The molecule has 0 aliphatic rings. The van der Waals surface area contributed by atoms with Crippen LogP contribution in [-0.4, -0.2) is 0 Å². The molecule has 0 saturated carbocycles. The Morgan fingerprint density at radius 3 is 2.35 bits per heavy atom. The van der Waals surface area contributed by atoms with Crippen molar-refractivity contribution in [3.63, 3.8) is 0 Å². The third kappa shape index (κ3) is 2.17. The van der Waals surface area contributed by atoms with Crippen molar-refractivity contribution in [3.05, 3.63) is 82.6 Å². The summed E-state index contributed by atoms with van der Waals surface area (Å²) in [6, 6.07) is 18.2. The third-order valence-corrected chi connectivity index (χ3v) is 3.87. The summed E-state index contributed by atoms with van der Waals surface area (Å²) < 4.78 is 13.6. The zero-order valence-electron chi connectivity index (χ0n) is 10.7. The van der Waals surface area contributed by atoms with Crippen LogP contribution in [0.5, 0.6) is 0 Å². The van der Waals surface area contributed by atoms with Crippen molar-refractivity contribution in [2.75, 3.05) is 0 Å². The summed E-state index contributed by atoms with van der Waals surface area (Å²) in [7, 11) is 0. The van der Waals surface area contributed by atoms with E-state index in [-0.39, 0.29) is 5.02 Å². The first-order valence-electron chi connectivity index (χ1n) is 6.35. The van der Waals surface area contributed by atoms with Gasteiger partial charge in [0.2, 0.25) is 0 Å². The molecule has 0 bridgehead atoms. The molecule has 2 N–H and O–H groups in total. The predicted molar refractivity (Wildman–Crippen MR) is 81.4 cm³/mol. The molecular weight excluding hydrogens is 273 g/mol. The summed E-state index contributed by atoms with van der Waals surface area (Å²) in [6.07, 6.45) is 0. The maximum atomic E-state index is 13.6. The van der Waals surface area contributed by atoms with Gasteiger partial charge in [-0.3, -0.25) is 0 Å². The minimum Gasteiger partial charge on any atom is -0.320 e. The Balaban J connectivity index is 2.18. The lowest BCUT2D eigenvalue weighted by atomic mass is 9.94. The molecule has 20 heavy (non-hydrogen) atoms. The predicted octanol–water partition coefficient (Wildman–Crippen LogP) is 4.68. The summed E-state index contributed by atoms with van der Waals surface area (Å²) in [5, 5.41) is 2.25. The van der Waals surface area contributed by atoms with Gasteiger partial charge in [-0.1, -0.05) is 66.2 Å². The Kier molecular flexibility index (Phi) is 3.43. The van der Waals surface area contributed by atoms with E-state index in [4.69, 9.17) is 17.3 Å². The maximum Gasteiger partial charge on any atom is 0.142 e. The van der Waals surface area contributed by atoms with Crippen molar-refractivity contribution in [3.8, 4) is 0 Å². The van der Waals surface area contributed by atoms with Crippen LogP contribution in [0.3, 0.4) is 0 Å². The zero-order valence-corrected chi connectivity index (χ0v) is 11.4. The molecule has 0 saturated heterocycles. The topological polar surface area (TPSA) is 26.0 Å². The van der Waals surface area contributed by atoms with Crippen molar-refractivity contribution in [1.82, 2.24) is 0 Å². The summed E-state index contributed by atoms with van der Waals surface area (Å²) >= 11 is 6.03. The van der Waals surface area contributed by atoms with Gasteiger partial charge in [0, 0.05) is 0 Å². The molecule has 3 heteroatoms. The lowest BCUT2D eigenvalue weighted by Gasteiger charge is -2.16. The van der Waals surface area contributed by atoms with Gasteiger partial charge in [0.15, 0.2) is 0 Å². The van der Waals surface area contributed by atoms with Gasteiger partial charge >= 0.3 is 0 Å². The second kappa shape index (κ2) is 5.23. The molecule has 1 nitrogen and oxygen atoms in total. The van der Waals surface area contributed by atoms with Gasteiger partial charge in [-0.2, -0.15) is 0 Å². The number of hydrogen-bond acceptors (Lipinski definition) is 1. The third-order valence-electron chi connectivity index (χ3n) is 3.47. The highest BCUT2D eigenvalue weighted by molar-refractivity contribution is 6.31. The minimum absolute atomic E-state index is 0.0907. The lowest BCUT2D eigenvalue weighted by Crippen LogP contribution is -2.13. The van der Waals surface area contributed by atoms with Gasteiger partial charge in [-0.15, -0.1) is 0 Å². The number of rotatable bonds is 2. The Morgan fingerprint density at radius 1 is 0.850 bits per heavy atom. The van der Waals surface area contributed by atoms with Crippen LogP contribution in [0, 0.1) is 5.82 Å². The molecule has 0 aliphatic heterocycles. The molecule has 3 rings (SSSR count). The number of nitrogens with two attached hydrogens (primary N) is 1. The van der Waals surface area contributed by atoms with E-state index in [9.17, 15) is 4.39 Å². The standard InChI is InChI=1S/C17H13ClFN/c18-16-14(9-4-10-15(16)19)17(20)13-8-3-6-11-5-1-2-7-12(11)13/h1-10,17H,20H2. The van der Waals surface area contributed by atoms with E-state index in [0.29, 0.717) is 5.56 Å². The molecule has 0 aliphatic carbocycles.